The third-order valence-electron chi connectivity index (χ3n) is 4.31. The molecular formula is C22H23FN4O3S. The number of hydrogen-bond donors (Lipinski definition) is 1. The van der Waals surface area contributed by atoms with Crippen LogP contribution in [-0.4, -0.2) is 33.0 Å². The number of aromatic nitrogens is 3. The maximum Gasteiger partial charge on any atom is 0.237 e. The van der Waals surface area contributed by atoms with E-state index in [1.807, 2.05) is 12.1 Å². The fraction of sp³-hybridized carbons (Fsp3) is 0.227. The van der Waals surface area contributed by atoms with Crippen LogP contribution < -0.4 is 14.8 Å². The summed E-state index contributed by atoms with van der Waals surface area (Å²) >= 11 is 1.26. The molecule has 9 heteroatoms. The Morgan fingerprint density at radius 1 is 1.23 bits per heavy atom. The molecule has 1 heterocycles. The summed E-state index contributed by atoms with van der Waals surface area (Å²) in [6.45, 7) is 5.99. The number of thioether (sulfide) groups is 1. The molecule has 0 spiro atoms. The van der Waals surface area contributed by atoms with Crippen molar-refractivity contribution < 1.29 is 18.7 Å². The van der Waals surface area contributed by atoms with Crippen LogP contribution in [0.3, 0.4) is 0 Å². The van der Waals surface area contributed by atoms with E-state index in [4.69, 9.17) is 9.47 Å². The first kappa shape index (κ1) is 22.4. The molecule has 31 heavy (non-hydrogen) atoms. The van der Waals surface area contributed by atoms with Crippen molar-refractivity contribution in [3.05, 3.63) is 72.8 Å². The van der Waals surface area contributed by atoms with Crippen LogP contribution in [0.5, 0.6) is 11.5 Å². The average Bonchev–Trinajstić information content (AvgIpc) is 3.15. The minimum absolute atomic E-state index is 0.0319. The van der Waals surface area contributed by atoms with Crippen molar-refractivity contribution in [2.24, 2.45) is 0 Å². The molecule has 1 aromatic heterocycles. The maximum atomic E-state index is 13.8. The lowest BCUT2D eigenvalue weighted by Gasteiger charge is -2.14. The number of anilines is 1. The van der Waals surface area contributed by atoms with Crippen molar-refractivity contribution in [1.82, 2.24) is 14.8 Å². The Bertz CT molecular complexity index is 1060. The first-order chi connectivity index (χ1) is 15.0. The number of benzene rings is 2. The molecule has 1 unspecified atom stereocenters. The van der Waals surface area contributed by atoms with Gasteiger partial charge < -0.3 is 14.8 Å². The Kier molecular flexibility index (Phi) is 7.66. The second-order valence-electron chi connectivity index (χ2n) is 6.47. The van der Waals surface area contributed by atoms with Gasteiger partial charge in [0, 0.05) is 6.54 Å². The van der Waals surface area contributed by atoms with Gasteiger partial charge >= 0.3 is 0 Å². The van der Waals surface area contributed by atoms with Crippen LogP contribution in [0.4, 0.5) is 10.1 Å². The summed E-state index contributed by atoms with van der Waals surface area (Å²) < 4.78 is 26.4. The largest absolute Gasteiger partial charge is 0.495 e. The molecule has 0 saturated heterocycles. The van der Waals surface area contributed by atoms with Crippen LogP contribution in [0.1, 0.15) is 12.7 Å². The molecule has 1 atom stereocenters. The zero-order chi connectivity index (χ0) is 22.2. The highest BCUT2D eigenvalue weighted by atomic mass is 32.2. The first-order valence-electron chi connectivity index (χ1n) is 9.54. The lowest BCUT2D eigenvalue weighted by Crippen LogP contribution is -2.23. The van der Waals surface area contributed by atoms with Crippen molar-refractivity contribution in [3.63, 3.8) is 0 Å². The van der Waals surface area contributed by atoms with Gasteiger partial charge in [0.2, 0.25) is 5.91 Å². The minimum atomic E-state index is -0.460. The van der Waals surface area contributed by atoms with E-state index < -0.39 is 11.1 Å². The topological polar surface area (TPSA) is 78.3 Å². The molecule has 2 aromatic carbocycles. The highest BCUT2D eigenvalue weighted by Gasteiger charge is 2.21. The summed E-state index contributed by atoms with van der Waals surface area (Å²) in [4.78, 5) is 12.7. The van der Waals surface area contributed by atoms with Gasteiger partial charge in [0.05, 0.1) is 18.0 Å². The molecule has 0 fully saturated rings. The molecular weight excluding hydrogens is 419 g/mol. The number of amides is 1. The van der Waals surface area contributed by atoms with E-state index in [1.165, 1.54) is 17.8 Å². The lowest BCUT2D eigenvalue weighted by molar-refractivity contribution is -0.115. The Balaban J connectivity index is 1.69. The number of para-hydroxylation sites is 3. The quantitative estimate of drug-likeness (QED) is 0.372. The van der Waals surface area contributed by atoms with Crippen molar-refractivity contribution >= 4 is 23.4 Å². The van der Waals surface area contributed by atoms with Crippen molar-refractivity contribution in [2.45, 2.75) is 30.5 Å². The molecule has 3 rings (SSSR count). The van der Waals surface area contributed by atoms with Gasteiger partial charge in [-0.05, 0) is 31.2 Å². The fourth-order valence-corrected chi connectivity index (χ4v) is 3.60. The summed E-state index contributed by atoms with van der Waals surface area (Å²) in [7, 11) is 1.55. The molecule has 1 N–H and O–H groups in total. The van der Waals surface area contributed by atoms with Gasteiger partial charge in [-0.2, -0.15) is 0 Å². The predicted octanol–water partition coefficient (Wildman–Crippen LogP) is 4.31. The predicted molar refractivity (Wildman–Crippen MR) is 118 cm³/mol. The number of carbonyl (C=O) groups is 1. The number of carbonyl (C=O) groups excluding carboxylic acids is 1. The summed E-state index contributed by atoms with van der Waals surface area (Å²) in [5.41, 5.74) is 0.592. The van der Waals surface area contributed by atoms with Crippen molar-refractivity contribution in [1.29, 1.82) is 0 Å². The number of rotatable bonds is 10. The van der Waals surface area contributed by atoms with Crippen LogP contribution in [0.2, 0.25) is 0 Å². The van der Waals surface area contributed by atoms with E-state index >= 15 is 0 Å². The summed E-state index contributed by atoms with van der Waals surface area (Å²) in [5, 5.41) is 11.3. The molecule has 0 radical (unpaired) electrons. The van der Waals surface area contributed by atoms with Crippen LogP contribution in [0, 0.1) is 5.82 Å². The highest BCUT2D eigenvalue weighted by molar-refractivity contribution is 8.00. The number of ether oxygens (including phenoxy) is 2. The van der Waals surface area contributed by atoms with E-state index in [2.05, 4.69) is 22.1 Å². The monoisotopic (exact) mass is 442 g/mol. The standard InChI is InChI=1S/C22H23FN4O3S/c1-4-13-27-20(14-30-18-11-7-5-9-16(18)23)25-26-22(27)31-15(2)21(28)24-17-10-6-8-12-19(17)29-3/h4-12,15H,1,13-14H2,2-3H3,(H,24,28). The first-order valence-corrected chi connectivity index (χ1v) is 10.4. The zero-order valence-electron chi connectivity index (χ0n) is 17.2. The van der Waals surface area contributed by atoms with E-state index in [0.717, 1.165) is 0 Å². The maximum absolute atomic E-state index is 13.8. The van der Waals surface area contributed by atoms with E-state index in [1.54, 1.807) is 55.0 Å². The third kappa shape index (κ3) is 5.64. The smallest absolute Gasteiger partial charge is 0.237 e. The number of halogens is 1. The molecule has 0 aliphatic heterocycles. The molecule has 3 aromatic rings. The Hall–Kier alpha value is -3.33. The van der Waals surface area contributed by atoms with Crippen LogP contribution >= 0.6 is 11.8 Å². The second-order valence-corrected chi connectivity index (χ2v) is 7.77. The second kappa shape index (κ2) is 10.6. The van der Waals surface area contributed by atoms with Crippen LogP contribution in [0.25, 0.3) is 0 Å². The zero-order valence-corrected chi connectivity index (χ0v) is 18.1. The van der Waals surface area contributed by atoms with Crippen LogP contribution in [-0.2, 0) is 17.9 Å². The number of hydrogen-bond acceptors (Lipinski definition) is 6. The number of allylic oxidation sites excluding steroid dienone is 1. The molecule has 0 aliphatic rings. The van der Waals surface area contributed by atoms with E-state index in [0.29, 0.717) is 29.0 Å². The normalized spacial score (nSPS) is 11.6. The van der Waals surface area contributed by atoms with E-state index in [9.17, 15) is 9.18 Å². The number of nitrogens with one attached hydrogen (secondary N) is 1. The average molecular weight is 443 g/mol. The van der Waals surface area contributed by atoms with Gasteiger partial charge in [-0.25, -0.2) is 4.39 Å². The van der Waals surface area contributed by atoms with Gasteiger partial charge in [-0.1, -0.05) is 42.1 Å². The molecule has 0 saturated carbocycles. The van der Waals surface area contributed by atoms with Gasteiger partial charge in [0.25, 0.3) is 0 Å². The lowest BCUT2D eigenvalue weighted by atomic mass is 10.3. The highest BCUT2D eigenvalue weighted by Crippen LogP contribution is 2.27. The molecule has 162 valence electrons. The van der Waals surface area contributed by atoms with Gasteiger partial charge in [-0.15, -0.1) is 16.8 Å². The molecule has 0 aliphatic carbocycles. The molecule has 0 bridgehead atoms. The van der Waals surface area contributed by atoms with Crippen LogP contribution in [0.15, 0.2) is 66.3 Å². The molecule has 7 nitrogen and oxygen atoms in total. The molecule has 1 amide bonds. The Labute approximate surface area is 184 Å². The van der Waals surface area contributed by atoms with Gasteiger partial charge in [0.1, 0.15) is 12.4 Å². The Morgan fingerprint density at radius 2 is 1.94 bits per heavy atom. The SMILES string of the molecule is C=CCn1c(COc2ccccc2F)nnc1SC(C)C(=O)Nc1ccccc1OC. The number of nitrogens with zero attached hydrogens (tertiary/aromatic N) is 3. The fourth-order valence-electron chi connectivity index (χ4n) is 2.72. The van der Waals surface area contributed by atoms with Crippen molar-refractivity contribution in [2.75, 3.05) is 12.4 Å². The van der Waals surface area contributed by atoms with E-state index in [-0.39, 0.29) is 18.3 Å². The van der Waals surface area contributed by atoms with Gasteiger partial charge in [0.15, 0.2) is 22.5 Å². The van der Waals surface area contributed by atoms with Gasteiger partial charge in [-0.3, -0.25) is 9.36 Å². The Morgan fingerprint density at radius 3 is 2.65 bits per heavy atom. The van der Waals surface area contributed by atoms with Crippen molar-refractivity contribution in [3.8, 4) is 11.5 Å². The minimum Gasteiger partial charge on any atom is -0.495 e. The third-order valence-corrected chi connectivity index (χ3v) is 5.40. The summed E-state index contributed by atoms with van der Waals surface area (Å²) in [6, 6.07) is 13.3. The summed E-state index contributed by atoms with van der Waals surface area (Å²) in [5.74, 6) is 0.563. The number of methoxy groups -OCH3 is 1. The summed E-state index contributed by atoms with van der Waals surface area (Å²) in [6.07, 6.45) is 1.69.